The number of benzene rings is 2. The molecule has 8 nitrogen and oxygen atoms in total. The Bertz CT molecular complexity index is 1510. The van der Waals surface area contributed by atoms with Gasteiger partial charge in [0.05, 0.1) is 18.7 Å². The van der Waals surface area contributed by atoms with Crippen LogP contribution in [0.5, 0.6) is 0 Å². The van der Waals surface area contributed by atoms with E-state index in [0.717, 1.165) is 109 Å². The number of rotatable bonds is 11. The Hall–Kier alpha value is -3.26. The van der Waals surface area contributed by atoms with Gasteiger partial charge in [0.25, 0.3) is 0 Å². The molecule has 1 amide bonds. The van der Waals surface area contributed by atoms with Crippen molar-refractivity contribution >= 4 is 11.8 Å². The van der Waals surface area contributed by atoms with Crippen LogP contribution in [0.4, 0.5) is 19.3 Å². The Morgan fingerprint density at radius 2 is 1.70 bits per heavy atom. The van der Waals surface area contributed by atoms with E-state index in [1.807, 2.05) is 12.1 Å². The smallest absolute Gasteiger partial charge is 0.407 e. The zero-order valence-electron chi connectivity index (χ0n) is 29.7. The molecule has 3 atom stereocenters. The standard InChI is InChI=1S/C40H54F2N6O2/c1-50-39(49)44-38-8-3-7-37(38)40(28-47-15-4-16-47,33-5-2-6-35(42)22-33)32-11-17-45(18-12-32)24-29-25-48(26-29)36-10-9-30(23-43)31(21-36)27-46-19-13-34(41)14-20-46/h2,5-6,9-10,21-22,29,32,34,37-38H,3-4,7-8,11-20,24-28H2,1H3,(H,44,49)/t37-,38-,40-/m0/s1. The number of hydrogen-bond acceptors (Lipinski definition) is 7. The summed E-state index contributed by atoms with van der Waals surface area (Å²) in [6.07, 6.45) is 6.37. The lowest BCUT2D eigenvalue weighted by molar-refractivity contribution is 0.0223. The number of carbonyl (C=O) groups is 1. The number of alkyl halides is 1. The lowest BCUT2D eigenvalue weighted by Gasteiger charge is -2.54. The zero-order chi connectivity index (χ0) is 34.7. The van der Waals surface area contributed by atoms with Gasteiger partial charge in [0.15, 0.2) is 0 Å². The number of methoxy groups -OCH3 is 1. The van der Waals surface area contributed by atoms with E-state index in [9.17, 15) is 18.8 Å². The molecular formula is C40H54F2N6O2. The largest absolute Gasteiger partial charge is 0.453 e. The maximum absolute atomic E-state index is 15.0. The van der Waals surface area contributed by atoms with Gasteiger partial charge in [-0.25, -0.2) is 13.6 Å². The predicted octanol–water partition coefficient (Wildman–Crippen LogP) is 5.95. The van der Waals surface area contributed by atoms with Gasteiger partial charge in [-0.2, -0.15) is 5.26 Å². The van der Waals surface area contributed by atoms with Gasteiger partial charge < -0.3 is 24.8 Å². The van der Waals surface area contributed by atoms with Gasteiger partial charge in [0, 0.05) is 68.9 Å². The molecular weight excluding hydrogens is 634 g/mol. The summed E-state index contributed by atoms with van der Waals surface area (Å²) in [4.78, 5) is 22.4. The molecule has 270 valence electrons. The summed E-state index contributed by atoms with van der Waals surface area (Å²) >= 11 is 0. The number of likely N-dealkylation sites (tertiary alicyclic amines) is 3. The number of amides is 1. The molecule has 0 spiro atoms. The molecule has 1 aliphatic carbocycles. The second kappa shape index (κ2) is 15.5. The molecule has 0 unspecified atom stereocenters. The Morgan fingerprint density at radius 3 is 2.38 bits per heavy atom. The van der Waals surface area contributed by atoms with Crippen molar-refractivity contribution in [2.24, 2.45) is 17.8 Å². The molecule has 10 heteroatoms. The van der Waals surface area contributed by atoms with Crippen molar-refractivity contribution in [3.63, 3.8) is 0 Å². The van der Waals surface area contributed by atoms with Gasteiger partial charge in [-0.05, 0) is 124 Å². The first-order valence-electron chi connectivity index (χ1n) is 19.0. The fourth-order valence-corrected chi connectivity index (χ4v) is 9.95. The number of nitrogens with one attached hydrogen (secondary N) is 1. The SMILES string of the molecule is COC(=O)N[C@H]1CCC[C@@H]1[C@](CN1CCC1)(c1cccc(F)c1)C1CCN(CC2CN(c3ccc(C#N)c(CN4CCC(F)CC4)c3)C2)CC1. The molecule has 0 bridgehead atoms. The second-order valence-corrected chi connectivity index (χ2v) is 15.7. The van der Waals surface area contributed by atoms with E-state index in [-0.39, 0.29) is 29.3 Å². The van der Waals surface area contributed by atoms with E-state index < -0.39 is 6.17 Å². The minimum Gasteiger partial charge on any atom is -0.453 e. The van der Waals surface area contributed by atoms with Crippen LogP contribution in [0, 0.1) is 34.9 Å². The molecule has 0 radical (unpaired) electrons. The molecule has 4 saturated heterocycles. The molecule has 0 aromatic heterocycles. The van der Waals surface area contributed by atoms with Crippen LogP contribution in [0.25, 0.3) is 0 Å². The molecule has 4 heterocycles. The van der Waals surface area contributed by atoms with Crippen molar-refractivity contribution in [2.45, 2.75) is 75.5 Å². The first kappa shape index (κ1) is 35.2. The maximum Gasteiger partial charge on any atom is 0.407 e. The highest BCUT2D eigenvalue weighted by Crippen LogP contribution is 2.51. The Kier molecular flexibility index (Phi) is 10.9. The summed E-state index contributed by atoms with van der Waals surface area (Å²) < 4.78 is 33.7. The Balaban J connectivity index is 1.01. The molecule has 2 aromatic rings. The first-order chi connectivity index (χ1) is 24.3. The summed E-state index contributed by atoms with van der Waals surface area (Å²) in [6.45, 7) is 10.4. The lowest BCUT2D eigenvalue weighted by Crippen LogP contribution is -2.60. The summed E-state index contributed by atoms with van der Waals surface area (Å²) in [5.74, 6) is 1.01. The van der Waals surface area contributed by atoms with Crippen LogP contribution in [0.2, 0.25) is 0 Å². The molecule has 5 aliphatic rings. The highest BCUT2D eigenvalue weighted by molar-refractivity contribution is 5.67. The average molecular weight is 689 g/mol. The third-order valence-electron chi connectivity index (χ3n) is 12.7. The van der Waals surface area contributed by atoms with Crippen LogP contribution in [0.3, 0.4) is 0 Å². The molecule has 2 aromatic carbocycles. The number of carbonyl (C=O) groups excluding carboxylic acids is 1. The van der Waals surface area contributed by atoms with E-state index in [2.05, 4.69) is 49.2 Å². The topological polar surface area (TPSA) is 75.1 Å². The number of piperidine rings is 2. The van der Waals surface area contributed by atoms with Crippen molar-refractivity contribution < 1.29 is 18.3 Å². The third-order valence-corrected chi connectivity index (χ3v) is 12.7. The van der Waals surface area contributed by atoms with Crippen LogP contribution < -0.4 is 10.2 Å². The number of halogens is 2. The first-order valence-corrected chi connectivity index (χ1v) is 19.0. The van der Waals surface area contributed by atoms with E-state index in [0.29, 0.717) is 36.8 Å². The van der Waals surface area contributed by atoms with Gasteiger partial charge in [-0.3, -0.25) is 4.90 Å². The van der Waals surface area contributed by atoms with Crippen molar-refractivity contribution in [2.75, 3.05) is 77.5 Å². The Labute approximate surface area is 296 Å². The number of ether oxygens (including phenoxy) is 1. The van der Waals surface area contributed by atoms with Crippen molar-refractivity contribution in [1.82, 2.24) is 20.0 Å². The monoisotopic (exact) mass is 688 g/mol. The molecule has 1 saturated carbocycles. The molecule has 1 N–H and O–H groups in total. The maximum atomic E-state index is 15.0. The minimum atomic E-state index is -0.701. The molecule has 4 aliphatic heterocycles. The summed E-state index contributed by atoms with van der Waals surface area (Å²) in [7, 11) is 1.43. The van der Waals surface area contributed by atoms with Gasteiger partial charge >= 0.3 is 6.09 Å². The van der Waals surface area contributed by atoms with Gasteiger partial charge in [0.1, 0.15) is 12.0 Å². The third kappa shape index (κ3) is 7.51. The van der Waals surface area contributed by atoms with Gasteiger partial charge in [-0.1, -0.05) is 18.6 Å². The second-order valence-electron chi connectivity index (χ2n) is 15.7. The van der Waals surface area contributed by atoms with Gasteiger partial charge in [0.2, 0.25) is 0 Å². The highest BCUT2D eigenvalue weighted by atomic mass is 19.1. The molecule has 7 rings (SSSR count). The number of nitrogens with zero attached hydrogens (tertiary/aromatic N) is 5. The van der Waals surface area contributed by atoms with E-state index in [4.69, 9.17) is 4.74 Å². The summed E-state index contributed by atoms with van der Waals surface area (Å²) in [6, 6.07) is 15.9. The van der Waals surface area contributed by atoms with Crippen LogP contribution in [-0.2, 0) is 16.7 Å². The minimum absolute atomic E-state index is 0.0103. The van der Waals surface area contributed by atoms with Crippen LogP contribution >= 0.6 is 0 Å². The fraction of sp³-hybridized carbons (Fsp3) is 0.650. The predicted molar refractivity (Wildman–Crippen MR) is 191 cm³/mol. The number of anilines is 1. The van der Waals surface area contributed by atoms with Crippen molar-refractivity contribution in [3.05, 3.63) is 65.0 Å². The van der Waals surface area contributed by atoms with Crippen LogP contribution in [0.1, 0.15) is 68.1 Å². The number of alkyl carbamates (subject to hydrolysis) is 1. The quantitative estimate of drug-likeness (QED) is 0.313. The fourth-order valence-electron chi connectivity index (χ4n) is 9.95. The molecule has 5 fully saturated rings. The normalized spacial score (nSPS) is 25.8. The van der Waals surface area contributed by atoms with Crippen molar-refractivity contribution in [1.29, 1.82) is 5.26 Å². The average Bonchev–Trinajstić information content (AvgIpc) is 3.55. The van der Waals surface area contributed by atoms with Crippen LogP contribution in [-0.4, -0.2) is 106 Å². The zero-order valence-corrected chi connectivity index (χ0v) is 29.7. The number of hydrogen-bond donors (Lipinski definition) is 1. The summed E-state index contributed by atoms with van der Waals surface area (Å²) in [5.41, 5.74) is 3.77. The van der Waals surface area contributed by atoms with Crippen LogP contribution in [0.15, 0.2) is 42.5 Å². The Morgan fingerprint density at radius 1 is 0.940 bits per heavy atom. The summed E-state index contributed by atoms with van der Waals surface area (Å²) in [5, 5.41) is 12.9. The lowest BCUT2D eigenvalue weighted by atomic mass is 9.57. The van der Waals surface area contributed by atoms with Crippen molar-refractivity contribution in [3.8, 4) is 6.07 Å². The van der Waals surface area contributed by atoms with E-state index in [1.54, 1.807) is 12.1 Å². The number of nitriles is 1. The van der Waals surface area contributed by atoms with E-state index in [1.165, 1.54) is 19.2 Å². The molecule has 50 heavy (non-hydrogen) atoms. The van der Waals surface area contributed by atoms with E-state index >= 15 is 0 Å². The highest BCUT2D eigenvalue weighted by Gasteiger charge is 2.53. The van der Waals surface area contributed by atoms with Gasteiger partial charge in [-0.15, -0.1) is 0 Å².